The van der Waals surface area contributed by atoms with Gasteiger partial charge in [0, 0.05) is 37.0 Å². The molecule has 0 aromatic carbocycles. The highest BCUT2D eigenvalue weighted by Gasteiger charge is 2.31. The van der Waals surface area contributed by atoms with Crippen LogP contribution in [0.3, 0.4) is 0 Å². The molecule has 0 aromatic rings. The van der Waals surface area contributed by atoms with Crippen molar-refractivity contribution in [2.75, 3.05) is 25.9 Å². The molecule has 1 saturated carbocycles. The predicted molar refractivity (Wildman–Crippen MR) is 73.2 cm³/mol. The number of piperazine rings is 1. The molecule has 2 nitrogen and oxygen atoms in total. The summed E-state index contributed by atoms with van der Waals surface area (Å²) in [5.41, 5.74) is 0. The lowest BCUT2D eigenvalue weighted by Gasteiger charge is -2.44. The Kier molecular flexibility index (Phi) is 4.98. The van der Waals surface area contributed by atoms with Gasteiger partial charge in [-0.2, -0.15) is 11.8 Å². The van der Waals surface area contributed by atoms with Crippen molar-refractivity contribution in [3.05, 3.63) is 0 Å². The van der Waals surface area contributed by atoms with Crippen molar-refractivity contribution in [3.63, 3.8) is 0 Å². The van der Waals surface area contributed by atoms with Gasteiger partial charge in [0.1, 0.15) is 0 Å². The molecule has 1 saturated heterocycles. The molecule has 2 aliphatic rings. The minimum Gasteiger partial charge on any atom is -0.314 e. The molecule has 3 atom stereocenters. The van der Waals surface area contributed by atoms with Crippen LogP contribution < -0.4 is 5.32 Å². The third kappa shape index (κ3) is 2.93. The van der Waals surface area contributed by atoms with Crippen molar-refractivity contribution in [2.45, 2.75) is 56.4 Å². The summed E-state index contributed by atoms with van der Waals surface area (Å²) in [5, 5.41) is 4.46. The van der Waals surface area contributed by atoms with Crippen molar-refractivity contribution in [2.24, 2.45) is 0 Å². The Morgan fingerprint density at radius 1 is 1.38 bits per heavy atom. The van der Waals surface area contributed by atoms with Crippen molar-refractivity contribution in [1.29, 1.82) is 0 Å². The lowest BCUT2D eigenvalue weighted by Crippen LogP contribution is -2.56. The standard InChI is InChI=1S/C13H26N2S/c1-3-11-10-14-7-8-15(11)12-5-4-6-13(9-12)16-2/h11-14H,3-10H2,1-2H3. The summed E-state index contributed by atoms with van der Waals surface area (Å²) < 4.78 is 0. The van der Waals surface area contributed by atoms with E-state index in [1.165, 1.54) is 51.7 Å². The summed E-state index contributed by atoms with van der Waals surface area (Å²) in [6.07, 6.45) is 9.33. The molecule has 94 valence electrons. The molecule has 3 heteroatoms. The molecule has 0 aromatic heterocycles. The van der Waals surface area contributed by atoms with Crippen LogP contribution in [-0.4, -0.2) is 48.1 Å². The molecule has 3 unspecified atom stereocenters. The van der Waals surface area contributed by atoms with Crippen molar-refractivity contribution < 1.29 is 0 Å². The number of nitrogens with one attached hydrogen (secondary N) is 1. The average Bonchev–Trinajstić information content (AvgIpc) is 2.38. The second-order valence-corrected chi connectivity index (χ2v) is 6.32. The number of rotatable bonds is 3. The summed E-state index contributed by atoms with van der Waals surface area (Å²) >= 11 is 2.08. The fraction of sp³-hybridized carbons (Fsp3) is 1.00. The monoisotopic (exact) mass is 242 g/mol. The van der Waals surface area contributed by atoms with Gasteiger partial charge in [-0.1, -0.05) is 13.3 Å². The maximum atomic E-state index is 3.53. The van der Waals surface area contributed by atoms with Gasteiger partial charge in [0.15, 0.2) is 0 Å². The first-order valence-electron chi connectivity index (χ1n) is 6.84. The van der Waals surface area contributed by atoms with Crippen molar-refractivity contribution >= 4 is 11.8 Å². The van der Waals surface area contributed by atoms with Gasteiger partial charge in [0.2, 0.25) is 0 Å². The van der Waals surface area contributed by atoms with Gasteiger partial charge in [0.25, 0.3) is 0 Å². The Morgan fingerprint density at radius 3 is 3.00 bits per heavy atom. The summed E-state index contributed by atoms with van der Waals surface area (Å²) in [5.74, 6) is 0. The van der Waals surface area contributed by atoms with E-state index in [1.54, 1.807) is 0 Å². The number of thioether (sulfide) groups is 1. The summed E-state index contributed by atoms with van der Waals surface area (Å²) in [6.45, 7) is 6.00. The Hall–Kier alpha value is 0.270. The van der Waals surface area contributed by atoms with E-state index in [0.29, 0.717) is 0 Å². The molecule has 2 rings (SSSR count). The van der Waals surface area contributed by atoms with Crippen LogP contribution in [0.2, 0.25) is 0 Å². The van der Waals surface area contributed by atoms with Crippen LogP contribution in [0.15, 0.2) is 0 Å². The molecule has 1 N–H and O–H groups in total. The van der Waals surface area contributed by atoms with Gasteiger partial charge in [-0.3, -0.25) is 4.90 Å². The van der Waals surface area contributed by atoms with Gasteiger partial charge >= 0.3 is 0 Å². The van der Waals surface area contributed by atoms with Gasteiger partial charge in [-0.25, -0.2) is 0 Å². The van der Waals surface area contributed by atoms with E-state index in [0.717, 1.165) is 17.3 Å². The van der Waals surface area contributed by atoms with Crippen LogP contribution in [0.25, 0.3) is 0 Å². The minimum absolute atomic E-state index is 0.791. The quantitative estimate of drug-likeness (QED) is 0.818. The topological polar surface area (TPSA) is 15.3 Å². The number of hydrogen-bond donors (Lipinski definition) is 1. The second-order valence-electron chi connectivity index (χ2n) is 5.18. The fourth-order valence-corrected chi connectivity index (χ4v) is 4.09. The predicted octanol–water partition coefficient (Wildman–Crippen LogP) is 2.34. The maximum absolute atomic E-state index is 3.53. The zero-order valence-corrected chi connectivity index (χ0v) is 11.6. The first-order valence-corrected chi connectivity index (χ1v) is 8.13. The third-order valence-electron chi connectivity index (χ3n) is 4.27. The first kappa shape index (κ1) is 12.7. The smallest absolute Gasteiger partial charge is 0.0221 e. The lowest BCUT2D eigenvalue weighted by atomic mass is 9.91. The normalized spacial score (nSPS) is 37.5. The molecule has 0 bridgehead atoms. The van der Waals surface area contributed by atoms with Crippen LogP contribution in [-0.2, 0) is 0 Å². The number of hydrogen-bond acceptors (Lipinski definition) is 3. The van der Waals surface area contributed by atoms with E-state index in [2.05, 4.69) is 35.2 Å². The Bertz CT molecular complexity index is 210. The van der Waals surface area contributed by atoms with Crippen molar-refractivity contribution in [3.8, 4) is 0 Å². The summed E-state index contributed by atoms with van der Waals surface area (Å²) in [4.78, 5) is 2.80. The molecule has 1 aliphatic heterocycles. The molecular weight excluding hydrogens is 216 g/mol. The minimum atomic E-state index is 0.791. The fourth-order valence-electron chi connectivity index (χ4n) is 3.27. The van der Waals surface area contributed by atoms with Crippen LogP contribution in [0.1, 0.15) is 39.0 Å². The molecule has 0 spiro atoms. The SMILES string of the molecule is CCC1CNCCN1C1CCCC(SC)C1. The molecule has 0 amide bonds. The largest absolute Gasteiger partial charge is 0.314 e. The Balaban J connectivity index is 1.93. The van der Waals surface area contributed by atoms with E-state index in [-0.39, 0.29) is 0 Å². The van der Waals surface area contributed by atoms with E-state index in [1.807, 2.05) is 0 Å². The summed E-state index contributed by atoms with van der Waals surface area (Å²) in [7, 11) is 0. The summed E-state index contributed by atoms with van der Waals surface area (Å²) in [6, 6.07) is 1.66. The van der Waals surface area contributed by atoms with Crippen LogP contribution >= 0.6 is 11.8 Å². The van der Waals surface area contributed by atoms with E-state index in [9.17, 15) is 0 Å². The Labute approximate surface area is 105 Å². The lowest BCUT2D eigenvalue weighted by molar-refractivity contribution is 0.0815. The van der Waals surface area contributed by atoms with E-state index in [4.69, 9.17) is 0 Å². The highest BCUT2D eigenvalue weighted by atomic mass is 32.2. The molecule has 1 aliphatic carbocycles. The molecule has 16 heavy (non-hydrogen) atoms. The van der Waals surface area contributed by atoms with Gasteiger partial charge in [0.05, 0.1) is 0 Å². The van der Waals surface area contributed by atoms with Crippen molar-refractivity contribution in [1.82, 2.24) is 10.2 Å². The second kappa shape index (κ2) is 6.27. The molecular formula is C13H26N2S. The van der Waals surface area contributed by atoms with E-state index >= 15 is 0 Å². The first-order chi connectivity index (χ1) is 7.85. The molecule has 2 fully saturated rings. The highest BCUT2D eigenvalue weighted by Crippen LogP contribution is 2.31. The van der Waals surface area contributed by atoms with Gasteiger partial charge in [-0.15, -0.1) is 0 Å². The van der Waals surface area contributed by atoms with E-state index < -0.39 is 0 Å². The Morgan fingerprint density at radius 2 is 2.25 bits per heavy atom. The molecule has 0 radical (unpaired) electrons. The van der Waals surface area contributed by atoms with Crippen LogP contribution in [0.4, 0.5) is 0 Å². The van der Waals surface area contributed by atoms with Gasteiger partial charge in [-0.05, 0) is 31.9 Å². The van der Waals surface area contributed by atoms with Gasteiger partial charge < -0.3 is 5.32 Å². The third-order valence-corrected chi connectivity index (χ3v) is 5.36. The molecule has 1 heterocycles. The zero-order chi connectivity index (χ0) is 11.4. The zero-order valence-electron chi connectivity index (χ0n) is 10.7. The average molecular weight is 242 g/mol. The van der Waals surface area contributed by atoms with Crippen LogP contribution in [0, 0.1) is 0 Å². The van der Waals surface area contributed by atoms with Crippen LogP contribution in [0.5, 0.6) is 0 Å². The number of nitrogens with zero attached hydrogens (tertiary/aromatic N) is 1. The highest BCUT2D eigenvalue weighted by molar-refractivity contribution is 7.99. The maximum Gasteiger partial charge on any atom is 0.0221 e.